The predicted molar refractivity (Wildman–Crippen MR) is 58.5 cm³/mol. The molecule has 0 aromatic carbocycles. The summed E-state index contributed by atoms with van der Waals surface area (Å²) in [6, 6.07) is 3.04. The molecular formula is C11H17NS. The smallest absolute Gasteiger partial charge is 0.0418 e. The van der Waals surface area contributed by atoms with Crippen LogP contribution in [0.1, 0.15) is 47.5 Å². The molecule has 1 aromatic heterocycles. The van der Waals surface area contributed by atoms with Gasteiger partial charge in [-0.2, -0.15) is 0 Å². The van der Waals surface area contributed by atoms with Crippen LogP contribution in [0.2, 0.25) is 0 Å². The molecule has 0 bridgehead atoms. The van der Waals surface area contributed by atoms with E-state index in [9.17, 15) is 0 Å². The van der Waals surface area contributed by atoms with E-state index in [1.54, 1.807) is 15.3 Å². The molecule has 1 unspecified atom stereocenters. The molecule has 0 radical (unpaired) electrons. The van der Waals surface area contributed by atoms with Gasteiger partial charge in [0.25, 0.3) is 0 Å². The van der Waals surface area contributed by atoms with Gasteiger partial charge in [-0.1, -0.05) is 13.8 Å². The van der Waals surface area contributed by atoms with Crippen LogP contribution in [0.25, 0.3) is 0 Å². The van der Waals surface area contributed by atoms with Gasteiger partial charge in [-0.25, -0.2) is 0 Å². The second kappa shape index (κ2) is 3.43. The molecule has 72 valence electrons. The van der Waals surface area contributed by atoms with Crippen molar-refractivity contribution in [1.82, 2.24) is 5.32 Å². The summed E-state index contributed by atoms with van der Waals surface area (Å²) in [5.41, 5.74) is 1.59. The van der Waals surface area contributed by atoms with Crippen molar-refractivity contribution in [2.45, 2.75) is 38.6 Å². The van der Waals surface area contributed by atoms with Crippen LogP contribution in [0.3, 0.4) is 0 Å². The summed E-state index contributed by atoms with van der Waals surface area (Å²) in [6.07, 6.45) is 2.56. The van der Waals surface area contributed by atoms with Crippen LogP contribution in [-0.4, -0.2) is 7.05 Å². The third-order valence-corrected chi connectivity index (χ3v) is 4.39. The van der Waals surface area contributed by atoms with Gasteiger partial charge >= 0.3 is 0 Å². The van der Waals surface area contributed by atoms with Crippen LogP contribution in [0.5, 0.6) is 0 Å². The Balaban J connectivity index is 2.31. The Hall–Kier alpha value is -0.340. The molecular weight excluding hydrogens is 178 g/mol. The Kier molecular flexibility index (Phi) is 2.43. The van der Waals surface area contributed by atoms with E-state index in [0.717, 1.165) is 0 Å². The standard InChI is InChI=1S/C11H17NS/c1-7(2)10-6-8-4-5-9(12-3)11(8)13-10/h6-7,9,12H,4-5H2,1-3H3. The number of rotatable bonds is 2. The summed E-state index contributed by atoms with van der Waals surface area (Å²) in [6.45, 7) is 4.55. The van der Waals surface area contributed by atoms with E-state index in [2.05, 4.69) is 32.3 Å². The third-order valence-electron chi connectivity index (χ3n) is 2.80. The number of aryl methyl sites for hydroxylation is 1. The van der Waals surface area contributed by atoms with Gasteiger partial charge in [0.1, 0.15) is 0 Å². The van der Waals surface area contributed by atoms with Crippen LogP contribution in [0, 0.1) is 0 Å². The molecule has 0 aliphatic heterocycles. The average molecular weight is 195 g/mol. The van der Waals surface area contributed by atoms with Crippen molar-refractivity contribution in [3.8, 4) is 0 Å². The van der Waals surface area contributed by atoms with E-state index in [4.69, 9.17) is 0 Å². The SMILES string of the molecule is CNC1CCc2cc(C(C)C)sc21. The molecule has 1 aromatic rings. The molecule has 2 heteroatoms. The second-order valence-corrected chi connectivity index (χ2v) is 5.19. The molecule has 1 atom stereocenters. The minimum absolute atomic E-state index is 0.632. The Morgan fingerprint density at radius 1 is 1.54 bits per heavy atom. The van der Waals surface area contributed by atoms with E-state index >= 15 is 0 Å². The summed E-state index contributed by atoms with van der Waals surface area (Å²) in [5, 5.41) is 3.38. The van der Waals surface area contributed by atoms with Crippen molar-refractivity contribution in [3.05, 3.63) is 21.4 Å². The van der Waals surface area contributed by atoms with Gasteiger partial charge in [-0.05, 0) is 37.4 Å². The molecule has 2 rings (SSSR count). The Morgan fingerprint density at radius 2 is 2.31 bits per heavy atom. The van der Waals surface area contributed by atoms with Crippen LogP contribution in [0.15, 0.2) is 6.07 Å². The Morgan fingerprint density at radius 3 is 2.92 bits per heavy atom. The quantitative estimate of drug-likeness (QED) is 0.764. The first-order chi connectivity index (χ1) is 6.22. The molecule has 1 aliphatic rings. The summed E-state index contributed by atoms with van der Waals surface area (Å²) in [4.78, 5) is 3.14. The predicted octanol–water partition coefficient (Wildman–Crippen LogP) is 3.08. The lowest BCUT2D eigenvalue weighted by molar-refractivity contribution is 0.597. The van der Waals surface area contributed by atoms with Gasteiger partial charge in [-0.15, -0.1) is 11.3 Å². The van der Waals surface area contributed by atoms with E-state index in [1.165, 1.54) is 12.8 Å². The zero-order valence-electron chi connectivity index (χ0n) is 8.55. The fourth-order valence-electron chi connectivity index (χ4n) is 1.95. The molecule has 13 heavy (non-hydrogen) atoms. The average Bonchev–Trinajstić information content (AvgIpc) is 2.60. The molecule has 0 amide bonds. The van der Waals surface area contributed by atoms with Crippen LogP contribution >= 0.6 is 11.3 Å². The minimum Gasteiger partial charge on any atom is -0.312 e. The van der Waals surface area contributed by atoms with Crippen molar-refractivity contribution in [2.24, 2.45) is 0 Å². The van der Waals surface area contributed by atoms with Crippen molar-refractivity contribution < 1.29 is 0 Å². The van der Waals surface area contributed by atoms with Gasteiger partial charge in [0.15, 0.2) is 0 Å². The molecule has 1 aliphatic carbocycles. The number of nitrogens with one attached hydrogen (secondary N) is 1. The number of hydrogen-bond acceptors (Lipinski definition) is 2. The number of fused-ring (bicyclic) bond motifs is 1. The highest BCUT2D eigenvalue weighted by molar-refractivity contribution is 7.12. The van der Waals surface area contributed by atoms with Gasteiger partial charge in [0.2, 0.25) is 0 Å². The van der Waals surface area contributed by atoms with E-state index < -0.39 is 0 Å². The molecule has 0 saturated heterocycles. The summed E-state index contributed by atoms with van der Waals surface area (Å²) in [7, 11) is 2.06. The maximum atomic E-state index is 3.38. The van der Waals surface area contributed by atoms with Crippen LogP contribution in [0.4, 0.5) is 0 Å². The highest BCUT2D eigenvalue weighted by Gasteiger charge is 2.24. The maximum absolute atomic E-state index is 3.38. The summed E-state index contributed by atoms with van der Waals surface area (Å²) in [5.74, 6) is 0.688. The molecule has 1 N–H and O–H groups in total. The topological polar surface area (TPSA) is 12.0 Å². The molecule has 1 nitrogen and oxygen atoms in total. The second-order valence-electron chi connectivity index (χ2n) is 4.07. The lowest BCUT2D eigenvalue weighted by atomic mass is 10.1. The van der Waals surface area contributed by atoms with Gasteiger partial charge < -0.3 is 5.32 Å². The number of hydrogen-bond donors (Lipinski definition) is 1. The first-order valence-electron chi connectivity index (χ1n) is 5.02. The van der Waals surface area contributed by atoms with E-state index in [-0.39, 0.29) is 0 Å². The van der Waals surface area contributed by atoms with Gasteiger partial charge in [0.05, 0.1) is 0 Å². The lowest BCUT2D eigenvalue weighted by Crippen LogP contribution is -2.11. The zero-order valence-corrected chi connectivity index (χ0v) is 9.37. The summed E-state index contributed by atoms with van der Waals surface area (Å²) >= 11 is 2.00. The monoisotopic (exact) mass is 195 g/mol. The van der Waals surface area contributed by atoms with E-state index in [1.807, 2.05) is 11.3 Å². The lowest BCUT2D eigenvalue weighted by Gasteiger charge is -2.07. The fraction of sp³-hybridized carbons (Fsp3) is 0.636. The molecule has 0 saturated carbocycles. The highest BCUT2D eigenvalue weighted by atomic mass is 32.1. The first-order valence-corrected chi connectivity index (χ1v) is 5.83. The van der Waals surface area contributed by atoms with Gasteiger partial charge in [0, 0.05) is 15.8 Å². The molecule has 1 heterocycles. The van der Waals surface area contributed by atoms with Crippen molar-refractivity contribution in [1.29, 1.82) is 0 Å². The van der Waals surface area contributed by atoms with Crippen molar-refractivity contribution in [2.75, 3.05) is 7.05 Å². The zero-order chi connectivity index (χ0) is 9.42. The normalized spacial score (nSPS) is 21.1. The Bertz CT molecular complexity index is 301. The minimum atomic E-state index is 0.632. The summed E-state index contributed by atoms with van der Waals surface area (Å²) < 4.78 is 0. The van der Waals surface area contributed by atoms with Crippen molar-refractivity contribution in [3.63, 3.8) is 0 Å². The van der Waals surface area contributed by atoms with E-state index in [0.29, 0.717) is 12.0 Å². The molecule has 0 fully saturated rings. The first kappa shape index (κ1) is 9.22. The van der Waals surface area contributed by atoms with Gasteiger partial charge in [-0.3, -0.25) is 0 Å². The third kappa shape index (κ3) is 1.53. The van der Waals surface area contributed by atoms with Crippen LogP contribution < -0.4 is 5.32 Å². The van der Waals surface area contributed by atoms with Crippen LogP contribution in [-0.2, 0) is 6.42 Å². The fourth-order valence-corrected chi connectivity index (χ4v) is 3.31. The Labute approximate surface area is 84.2 Å². The number of thiophene rings is 1. The molecule has 0 spiro atoms. The largest absolute Gasteiger partial charge is 0.312 e. The van der Waals surface area contributed by atoms with Crippen molar-refractivity contribution >= 4 is 11.3 Å². The highest BCUT2D eigenvalue weighted by Crippen LogP contribution is 2.39. The maximum Gasteiger partial charge on any atom is 0.0418 e.